The zero-order chi connectivity index (χ0) is 26.4. The summed E-state index contributed by atoms with van der Waals surface area (Å²) in [6.07, 6.45) is 3.96. The van der Waals surface area contributed by atoms with Gasteiger partial charge in [-0.15, -0.1) is 0 Å². The number of fused-ring (bicyclic) bond motifs is 5. The molecule has 0 radical (unpaired) electrons. The predicted octanol–water partition coefficient (Wildman–Crippen LogP) is 4.79. The first-order valence-corrected chi connectivity index (χ1v) is 13.9. The van der Waals surface area contributed by atoms with E-state index in [0.717, 1.165) is 32.1 Å². The van der Waals surface area contributed by atoms with Crippen molar-refractivity contribution < 1.29 is 25.2 Å². The van der Waals surface area contributed by atoms with E-state index in [9.17, 15) is 25.2 Å². The molecule has 35 heavy (non-hydrogen) atoms. The second kappa shape index (κ2) is 8.38. The Morgan fingerprint density at radius 1 is 1.03 bits per heavy atom. The van der Waals surface area contributed by atoms with Crippen LogP contribution >= 0.6 is 0 Å². The molecule has 0 bridgehead atoms. The highest BCUT2D eigenvalue weighted by Gasteiger charge is 2.69. The molecule has 3 saturated carbocycles. The van der Waals surface area contributed by atoms with Gasteiger partial charge in [0.15, 0.2) is 0 Å². The zero-order valence-corrected chi connectivity index (χ0v) is 23.3. The molecule has 200 valence electrons. The first-order valence-electron chi connectivity index (χ1n) is 13.9. The summed E-state index contributed by atoms with van der Waals surface area (Å²) in [6.45, 7) is 16.6. The molecule has 4 aliphatic rings. The molecule has 0 aromatic rings. The van der Waals surface area contributed by atoms with Crippen LogP contribution in [-0.4, -0.2) is 50.1 Å². The molecule has 4 rings (SSSR count). The van der Waals surface area contributed by atoms with Gasteiger partial charge in [-0.1, -0.05) is 52.7 Å². The number of rotatable bonds is 5. The average Bonchev–Trinajstić information content (AvgIpc) is 3.07. The van der Waals surface area contributed by atoms with Crippen molar-refractivity contribution in [2.75, 3.05) is 0 Å². The van der Waals surface area contributed by atoms with Crippen molar-refractivity contribution in [1.29, 1.82) is 0 Å². The molecule has 3 fully saturated rings. The number of allylic oxidation sites excluding steroid dienone is 1. The zero-order valence-electron chi connectivity index (χ0n) is 23.3. The van der Waals surface area contributed by atoms with Gasteiger partial charge < -0.3 is 20.4 Å². The molecular formula is C30H50O5. The Balaban J connectivity index is 1.68. The molecule has 5 heteroatoms. The number of aliphatic hydroxyl groups is 4. The fraction of sp³-hybridized carbons (Fsp3) is 0.900. The lowest BCUT2D eigenvalue weighted by Gasteiger charge is -2.69. The molecule has 0 aromatic carbocycles. The van der Waals surface area contributed by atoms with E-state index in [-0.39, 0.29) is 33.5 Å². The summed E-state index contributed by atoms with van der Waals surface area (Å²) in [5.74, 6) is 0.914. The quantitative estimate of drug-likeness (QED) is 0.415. The van der Waals surface area contributed by atoms with Gasteiger partial charge in [-0.25, -0.2) is 0 Å². The van der Waals surface area contributed by atoms with E-state index in [1.807, 2.05) is 0 Å². The van der Waals surface area contributed by atoms with Crippen LogP contribution in [0, 0.1) is 39.4 Å². The summed E-state index contributed by atoms with van der Waals surface area (Å²) < 4.78 is 0. The maximum Gasteiger partial charge on any atom is 0.138 e. The molecule has 4 aliphatic carbocycles. The van der Waals surface area contributed by atoms with E-state index >= 15 is 0 Å². The molecule has 0 spiro atoms. The SMILES string of the molecule is C[C@H](C[C@H](O)[C@@H](O)C(C)(C)O)C1=C2CC(O)C3[C@@]4(C)CCC(=O)C(C)(C)C4CC[C@]3(C)[C@@]2(C)CC1. The number of hydrogen-bond acceptors (Lipinski definition) is 5. The van der Waals surface area contributed by atoms with Crippen LogP contribution in [0.1, 0.15) is 107 Å². The Hall–Kier alpha value is -0.750. The molecule has 3 unspecified atom stereocenters. The third-order valence-electron chi connectivity index (χ3n) is 11.9. The van der Waals surface area contributed by atoms with Gasteiger partial charge in [-0.05, 0) is 92.8 Å². The molecule has 0 aliphatic heterocycles. The first-order chi connectivity index (χ1) is 15.9. The average molecular weight is 491 g/mol. The minimum Gasteiger partial charge on any atom is -0.392 e. The molecule has 0 saturated heterocycles. The highest BCUT2D eigenvalue weighted by molar-refractivity contribution is 5.85. The molecule has 0 heterocycles. The van der Waals surface area contributed by atoms with Crippen molar-refractivity contribution in [3.8, 4) is 0 Å². The van der Waals surface area contributed by atoms with Crippen molar-refractivity contribution in [3.05, 3.63) is 11.1 Å². The molecular weight excluding hydrogens is 440 g/mol. The topological polar surface area (TPSA) is 98.0 Å². The predicted molar refractivity (Wildman–Crippen MR) is 138 cm³/mol. The molecule has 5 nitrogen and oxygen atoms in total. The standard InChI is InChI=1S/C30H50O5/c1-17(15-21(32)25(34)27(4,5)35)18-9-13-29(7)19(18)16-20(31)24-28(6)12-11-23(33)26(2,3)22(28)10-14-30(24,29)8/h17,20-22,24-25,31-32,34-35H,9-16H2,1-8H3/t17-,20?,21+,22?,24?,25-,28+,29+,30+/m1/s1. The number of carbonyl (C=O) groups excluding carboxylic acids is 1. The van der Waals surface area contributed by atoms with Gasteiger partial charge in [0, 0.05) is 11.8 Å². The van der Waals surface area contributed by atoms with Crippen LogP contribution in [0.15, 0.2) is 11.1 Å². The van der Waals surface area contributed by atoms with Crippen LogP contribution in [0.4, 0.5) is 0 Å². The largest absolute Gasteiger partial charge is 0.392 e. The maximum absolute atomic E-state index is 12.9. The van der Waals surface area contributed by atoms with Crippen molar-refractivity contribution in [1.82, 2.24) is 0 Å². The molecule has 9 atom stereocenters. The van der Waals surface area contributed by atoms with Crippen molar-refractivity contribution in [2.45, 2.75) is 131 Å². The van der Waals surface area contributed by atoms with E-state index in [4.69, 9.17) is 0 Å². The third-order valence-corrected chi connectivity index (χ3v) is 11.9. The summed E-state index contributed by atoms with van der Waals surface area (Å²) in [4.78, 5) is 12.9. The second-order valence-electron chi connectivity index (χ2n) is 14.5. The van der Waals surface area contributed by atoms with Gasteiger partial charge in [0.1, 0.15) is 11.9 Å². The Kier molecular flexibility index (Phi) is 6.53. The van der Waals surface area contributed by atoms with E-state index in [2.05, 4.69) is 41.5 Å². The van der Waals surface area contributed by atoms with Gasteiger partial charge >= 0.3 is 0 Å². The normalized spacial score (nSPS) is 43.8. The lowest BCUT2D eigenvalue weighted by molar-refractivity contribution is -0.208. The van der Waals surface area contributed by atoms with Crippen LogP contribution in [-0.2, 0) is 4.79 Å². The molecule has 4 N–H and O–H groups in total. The summed E-state index contributed by atoms with van der Waals surface area (Å²) in [5.41, 5.74) is 0.895. The summed E-state index contributed by atoms with van der Waals surface area (Å²) in [5, 5.41) is 43.0. The van der Waals surface area contributed by atoms with Crippen molar-refractivity contribution in [2.24, 2.45) is 39.4 Å². The monoisotopic (exact) mass is 490 g/mol. The maximum atomic E-state index is 12.9. The highest BCUT2D eigenvalue weighted by Crippen LogP contribution is 2.74. The number of aliphatic hydroxyl groups excluding tert-OH is 3. The lowest BCUT2D eigenvalue weighted by atomic mass is 9.36. The fourth-order valence-corrected chi connectivity index (χ4v) is 9.77. The van der Waals surface area contributed by atoms with Gasteiger partial charge in [-0.2, -0.15) is 0 Å². The Morgan fingerprint density at radius 3 is 2.26 bits per heavy atom. The minimum atomic E-state index is -1.36. The van der Waals surface area contributed by atoms with E-state index in [1.165, 1.54) is 25.0 Å². The van der Waals surface area contributed by atoms with E-state index < -0.39 is 23.9 Å². The fourth-order valence-electron chi connectivity index (χ4n) is 9.77. The second-order valence-corrected chi connectivity index (χ2v) is 14.5. The third kappa shape index (κ3) is 3.82. The molecule has 0 aromatic heterocycles. The van der Waals surface area contributed by atoms with Crippen LogP contribution in [0.5, 0.6) is 0 Å². The summed E-state index contributed by atoms with van der Waals surface area (Å²) in [6, 6.07) is 0. The van der Waals surface area contributed by atoms with Crippen molar-refractivity contribution in [3.63, 3.8) is 0 Å². The summed E-state index contributed by atoms with van der Waals surface area (Å²) >= 11 is 0. The van der Waals surface area contributed by atoms with Crippen LogP contribution in [0.25, 0.3) is 0 Å². The van der Waals surface area contributed by atoms with Crippen LogP contribution in [0.2, 0.25) is 0 Å². The number of hydrogen-bond donors (Lipinski definition) is 4. The van der Waals surface area contributed by atoms with Crippen molar-refractivity contribution >= 4 is 5.78 Å². The highest BCUT2D eigenvalue weighted by atomic mass is 16.4. The van der Waals surface area contributed by atoms with Gasteiger partial charge in [0.2, 0.25) is 0 Å². The van der Waals surface area contributed by atoms with Gasteiger partial charge in [0.25, 0.3) is 0 Å². The van der Waals surface area contributed by atoms with Gasteiger partial charge in [-0.3, -0.25) is 4.79 Å². The Labute approximate surface area is 212 Å². The van der Waals surface area contributed by atoms with Crippen LogP contribution < -0.4 is 0 Å². The van der Waals surface area contributed by atoms with E-state index in [0.29, 0.717) is 31.0 Å². The number of Topliss-reactive ketones (excluding diaryl/α,β-unsaturated/α-hetero) is 1. The Bertz CT molecular complexity index is 899. The van der Waals surface area contributed by atoms with Gasteiger partial charge in [0.05, 0.1) is 17.8 Å². The Morgan fingerprint density at radius 2 is 1.66 bits per heavy atom. The first kappa shape index (κ1) is 27.3. The lowest BCUT2D eigenvalue weighted by Crippen LogP contribution is -2.65. The van der Waals surface area contributed by atoms with E-state index in [1.54, 1.807) is 0 Å². The number of ketones is 1. The summed E-state index contributed by atoms with van der Waals surface area (Å²) in [7, 11) is 0. The number of carbonyl (C=O) groups is 1. The molecule has 0 amide bonds. The smallest absolute Gasteiger partial charge is 0.138 e. The van der Waals surface area contributed by atoms with Crippen LogP contribution in [0.3, 0.4) is 0 Å². The minimum absolute atomic E-state index is 0.0140.